The van der Waals surface area contributed by atoms with Crippen molar-refractivity contribution in [1.82, 2.24) is 4.57 Å². The molecule has 0 aliphatic carbocycles. The third-order valence-corrected chi connectivity index (χ3v) is 3.79. The molecule has 0 radical (unpaired) electrons. The minimum atomic E-state index is -1.09. The molecule has 0 atom stereocenters. The summed E-state index contributed by atoms with van der Waals surface area (Å²) in [4.78, 5) is 21.9. The smallest absolute Gasteiger partial charge is 0.352 e. The lowest BCUT2D eigenvalue weighted by atomic mass is 10.2. The molecule has 7 nitrogen and oxygen atoms in total. The van der Waals surface area contributed by atoms with Crippen molar-refractivity contribution in [2.75, 3.05) is 7.11 Å². The molecule has 3 aromatic rings. The third kappa shape index (κ3) is 2.79. The zero-order valence-electron chi connectivity index (χ0n) is 12.8. The number of aromatic carboxylic acids is 1. The van der Waals surface area contributed by atoms with E-state index in [-0.39, 0.29) is 11.4 Å². The maximum Gasteiger partial charge on any atom is 0.352 e. The number of carboxylic acid groups (broad SMARTS) is 1. The molecule has 0 saturated carbocycles. The van der Waals surface area contributed by atoms with Crippen LogP contribution >= 0.6 is 0 Å². The Hall–Kier alpha value is -3.35. The Bertz CT molecular complexity index is 945. The van der Waals surface area contributed by atoms with Crippen LogP contribution in [-0.2, 0) is 6.54 Å². The van der Waals surface area contributed by atoms with Crippen molar-refractivity contribution in [2.24, 2.45) is 0 Å². The molecule has 122 valence electrons. The Morgan fingerprint density at radius 2 is 2.04 bits per heavy atom. The van der Waals surface area contributed by atoms with Crippen molar-refractivity contribution in [3.8, 4) is 5.75 Å². The van der Waals surface area contributed by atoms with Crippen LogP contribution in [0.15, 0.2) is 48.5 Å². The SMILES string of the molecule is COc1cccc(Cn2c(C(=O)O)cc3cc([N+](=O)[O-])ccc32)c1. The van der Waals surface area contributed by atoms with Gasteiger partial charge in [0, 0.05) is 29.6 Å². The minimum absolute atomic E-state index is 0.0713. The van der Waals surface area contributed by atoms with Crippen molar-refractivity contribution in [3.63, 3.8) is 0 Å². The highest BCUT2D eigenvalue weighted by Gasteiger charge is 2.17. The highest BCUT2D eigenvalue weighted by atomic mass is 16.6. The number of methoxy groups -OCH3 is 1. The molecule has 7 heteroatoms. The van der Waals surface area contributed by atoms with E-state index in [1.807, 2.05) is 18.2 Å². The predicted octanol–water partition coefficient (Wildman–Crippen LogP) is 3.30. The summed E-state index contributed by atoms with van der Waals surface area (Å²) in [6.07, 6.45) is 0. The fourth-order valence-corrected chi connectivity index (χ4v) is 2.67. The Balaban J connectivity index is 2.12. The number of non-ortho nitro benzene ring substituents is 1. The summed E-state index contributed by atoms with van der Waals surface area (Å²) in [7, 11) is 1.56. The van der Waals surface area contributed by atoms with Crippen LogP contribution in [0, 0.1) is 10.1 Å². The first-order valence-corrected chi connectivity index (χ1v) is 7.13. The number of benzene rings is 2. The second kappa shape index (κ2) is 6.04. The number of nitro benzene ring substituents is 1. The molecule has 0 bridgehead atoms. The number of rotatable bonds is 5. The van der Waals surface area contributed by atoms with E-state index in [2.05, 4.69) is 0 Å². The third-order valence-electron chi connectivity index (χ3n) is 3.79. The van der Waals surface area contributed by atoms with Gasteiger partial charge in [0.15, 0.2) is 0 Å². The highest BCUT2D eigenvalue weighted by molar-refractivity contribution is 5.95. The number of nitrogens with zero attached hydrogens (tertiary/aromatic N) is 2. The molecule has 0 amide bonds. The van der Waals surface area contributed by atoms with Gasteiger partial charge < -0.3 is 14.4 Å². The van der Waals surface area contributed by atoms with Gasteiger partial charge in [-0.15, -0.1) is 0 Å². The maximum absolute atomic E-state index is 11.5. The van der Waals surface area contributed by atoms with Gasteiger partial charge in [0.1, 0.15) is 11.4 Å². The quantitative estimate of drug-likeness (QED) is 0.573. The molecule has 1 aromatic heterocycles. The number of fused-ring (bicyclic) bond motifs is 1. The van der Waals surface area contributed by atoms with Gasteiger partial charge in [0.05, 0.1) is 12.0 Å². The van der Waals surface area contributed by atoms with E-state index in [4.69, 9.17) is 4.74 Å². The van der Waals surface area contributed by atoms with E-state index in [1.54, 1.807) is 23.8 Å². The van der Waals surface area contributed by atoms with Gasteiger partial charge in [-0.05, 0) is 29.8 Å². The van der Waals surface area contributed by atoms with Crippen molar-refractivity contribution in [3.05, 3.63) is 69.9 Å². The average Bonchev–Trinajstić information content (AvgIpc) is 2.93. The van der Waals surface area contributed by atoms with E-state index in [1.165, 1.54) is 18.2 Å². The standard InChI is InChI=1S/C17H14N2O5/c1-24-14-4-2-3-11(7-14)10-18-15-6-5-13(19(22)23)8-12(15)9-16(18)17(20)21/h2-9H,10H2,1H3,(H,20,21). The summed E-state index contributed by atoms with van der Waals surface area (Å²) in [6.45, 7) is 0.320. The van der Waals surface area contributed by atoms with Gasteiger partial charge in [0.25, 0.3) is 5.69 Å². The molecule has 0 spiro atoms. The van der Waals surface area contributed by atoms with Crippen LogP contribution in [0.1, 0.15) is 16.1 Å². The topological polar surface area (TPSA) is 94.6 Å². The summed E-state index contributed by atoms with van der Waals surface area (Å²) in [6, 6.07) is 13.1. The fourth-order valence-electron chi connectivity index (χ4n) is 2.67. The number of nitro groups is 1. The number of aromatic nitrogens is 1. The molecule has 1 heterocycles. The predicted molar refractivity (Wildman–Crippen MR) is 87.6 cm³/mol. The molecule has 2 aromatic carbocycles. The number of hydrogen-bond acceptors (Lipinski definition) is 4. The number of carbonyl (C=O) groups is 1. The fraction of sp³-hybridized carbons (Fsp3) is 0.118. The lowest BCUT2D eigenvalue weighted by Gasteiger charge is -2.10. The Morgan fingerprint density at radius 3 is 2.71 bits per heavy atom. The van der Waals surface area contributed by atoms with E-state index < -0.39 is 10.9 Å². The van der Waals surface area contributed by atoms with E-state index in [0.29, 0.717) is 23.2 Å². The normalized spacial score (nSPS) is 10.7. The van der Waals surface area contributed by atoms with Gasteiger partial charge in [-0.2, -0.15) is 0 Å². The summed E-state index contributed by atoms with van der Waals surface area (Å²) >= 11 is 0. The Morgan fingerprint density at radius 1 is 1.25 bits per heavy atom. The summed E-state index contributed by atoms with van der Waals surface area (Å²) in [5.74, 6) is -0.409. The van der Waals surface area contributed by atoms with Crippen LogP contribution in [0.3, 0.4) is 0 Å². The van der Waals surface area contributed by atoms with Crippen molar-refractivity contribution in [2.45, 2.75) is 6.54 Å². The van der Waals surface area contributed by atoms with Crippen molar-refractivity contribution >= 4 is 22.6 Å². The molecule has 0 unspecified atom stereocenters. The Labute approximate surface area is 136 Å². The maximum atomic E-state index is 11.5. The molecule has 1 N–H and O–H groups in total. The Kier molecular flexibility index (Phi) is 3.91. The molecular formula is C17H14N2O5. The molecule has 0 aliphatic heterocycles. The highest BCUT2D eigenvalue weighted by Crippen LogP contribution is 2.26. The van der Waals surface area contributed by atoms with Gasteiger partial charge in [0.2, 0.25) is 0 Å². The number of ether oxygens (including phenoxy) is 1. The first-order chi connectivity index (χ1) is 11.5. The van der Waals surface area contributed by atoms with Crippen molar-refractivity contribution in [1.29, 1.82) is 0 Å². The van der Waals surface area contributed by atoms with Crippen molar-refractivity contribution < 1.29 is 19.6 Å². The molecular weight excluding hydrogens is 312 g/mol. The van der Waals surface area contributed by atoms with Gasteiger partial charge in [-0.3, -0.25) is 10.1 Å². The first-order valence-electron chi connectivity index (χ1n) is 7.13. The summed E-state index contributed by atoms with van der Waals surface area (Å²) in [5, 5.41) is 20.9. The van der Waals surface area contributed by atoms with E-state index in [9.17, 15) is 20.0 Å². The van der Waals surface area contributed by atoms with Gasteiger partial charge >= 0.3 is 5.97 Å². The van der Waals surface area contributed by atoms with Gasteiger partial charge in [-0.25, -0.2) is 4.79 Å². The van der Waals surface area contributed by atoms with Crippen LogP contribution in [0.25, 0.3) is 10.9 Å². The van der Waals surface area contributed by atoms with Crippen LogP contribution in [0.2, 0.25) is 0 Å². The zero-order chi connectivity index (χ0) is 17.3. The summed E-state index contributed by atoms with van der Waals surface area (Å²) < 4.78 is 6.80. The lowest BCUT2D eigenvalue weighted by molar-refractivity contribution is -0.384. The molecule has 24 heavy (non-hydrogen) atoms. The van der Waals surface area contributed by atoms with E-state index >= 15 is 0 Å². The average molecular weight is 326 g/mol. The van der Waals surface area contributed by atoms with Crippen LogP contribution < -0.4 is 4.74 Å². The lowest BCUT2D eigenvalue weighted by Crippen LogP contribution is -2.09. The largest absolute Gasteiger partial charge is 0.497 e. The van der Waals surface area contributed by atoms with E-state index in [0.717, 1.165) is 5.56 Å². The number of hydrogen-bond donors (Lipinski definition) is 1. The molecule has 3 rings (SSSR count). The molecule has 0 aliphatic rings. The van der Waals surface area contributed by atoms with Crippen LogP contribution in [-0.4, -0.2) is 27.7 Å². The number of carboxylic acids is 1. The zero-order valence-corrected chi connectivity index (χ0v) is 12.8. The second-order valence-electron chi connectivity index (χ2n) is 5.27. The summed E-state index contributed by atoms with van der Waals surface area (Å²) in [5.41, 5.74) is 1.50. The monoisotopic (exact) mass is 326 g/mol. The second-order valence-corrected chi connectivity index (χ2v) is 5.27. The molecule has 0 fully saturated rings. The van der Waals surface area contributed by atoms with Crippen LogP contribution in [0.4, 0.5) is 5.69 Å². The first kappa shape index (κ1) is 15.5. The molecule has 0 saturated heterocycles. The van der Waals surface area contributed by atoms with Gasteiger partial charge in [-0.1, -0.05) is 12.1 Å². The minimum Gasteiger partial charge on any atom is -0.497 e. The van der Waals surface area contributed by atoms with Crippen LogP contribution in [0.5, 0.6) is 5.75 Å².